The molecule has 1 amide bonds. The molecule has 2 heterocycles. The Balaban J connectivity index is 1.53. The molecule has 28 heavy (non-hydrogen) atoms. The van der Waals surface area contributed by atoms with Crippen molar-refractivity contribution in [2.45, 2.75) is 32.2 Å². The van der Waals surface area contributed by atoms with Gasteiger partial charge in [-0.2, -0.15) is 4.98 Å². The lowest BCUT2D eigenvalue weighted by Gasteiger charge is -2.32. The van der Waals surface area contributed by atoms with E-state index in [2.05, 4.69) is 10.1 Å². The van der Waals surface area contributed by atoms with Gasteiger partial charge in [0.15, 0.2) is 0 Å². The summed E-state index contributed by atoms with van der Waals surface area (Å²) in [6.45, 7) is 2.74. The van der Waals surface area contributed by atoms with Crippen LogP contribution in [0.1, 0.15) is 42.3 Å². The highest BCUT2D eigenvalue weighted by molar-refractivity contribution is 5.92. The van der Waals surface area contributed by atoms with Crippen molar-refractivity contribution in [3.05, 3.63) is 77.7 Å². The lowest BCUT2D eigenvalue weighted by molar-refractivity contribution is -0.130. The van der Waals surface area contributed by atoms with E-state index in [-0.39, 0.29) is 11.9 Å². The first kappa shape index (κ1) is 18.2. The summed E-state index contributed by atoms with van der Waals surface area (Å²) >= 11 is 0. The van der Waals surface area contributed by atoms with Crippen molar-refractivity contribution in [3.63, 3.8) is 0 Å². The number of carbonyl (C=O) groups is 1. The number of piperidine rings is 1. The number of benzene rings is 2. The fourth-order valence-corrected chi connectivity index (χ4v) is 3.47. The number of aromatic nitrogens is 2. The smallest absolute Gasteiger partial charge is 0.249 e. The van der Waals surface area contributed by atoms with E-state index in [9.17, 15) is 4.79 Å². The molecule has 2 aromatic carbocycles. The van der Waals surface area contributed by atoms with Crippen LogP contribution in [0.25, 0.3) is 17.5 Å². The molecule has 142 valence electrons. The molecule has 3 aromatic rings. The number of nitrogens with zero attached hydrogens (tertiary/aromatic N) is 3. The van der Waals surface area contributed by atoms with Crippen molar-refractivity contribution in [2.24, 2.45) is 0 Å². The zero-order valence-electron chi connectivity index (χ0n) is 15.9. The SMILES string of the molecule is Cc1ccc(-c2noc([C@H]3CCCCN3C(=O)/C=C/c3ccccc3)n2)cc1. The molecule has 1 aliphatic heterocycles. The predicted octanol–water partition coefficient (Wildman–Crippen LogP) is 4.81. The van der Waals surface area contributed by atoms with Crippen LogP contribution < -0.4 is 0 Å². The Morgan fingerprint density at radius 2 is 1.89 bits per heavy atom. The van der Waals surface area contributed by atoms with E-state index in [4.69, 9.17) is 4.52 Å². The van der Waals surface area contributed by atoms with Crippen LogP contribution in [0, 0.1) is 6.92 Å². The second-order valence-electron chi connectivity index (χ2n) is 7.11. The molecule has 0 radical (unpaired) electrons. The van der Waals surface area contributed by atoms with Gasteiger partial charge in [0.2, 0.25) is 17.6 Å². The average molecular weight is 373 g/mol. The molecule has 1 fully saturated rings. The van der Waals surface area contributed by atoms with Gasteiger partial charge >= 0.3 is 0 Å². The molecular weight excluding hydrogens is 350 g/mol. The Morgan fingerprint density at radius 1 is 1.11 bits per heavy atom. The minimum absolute atomic E-state index is 0.0244. The fourth-order valence-electron chi connectivity index (χ4n) is 3.47. The van der Waals surface area contributed by atoms with E-state index in [0.717, 1.165) is 30.4 Å². The van der Waals surface area contributed by atoms with E-state index in [0.29, 0.717) is 18.3 Å². The van der Waals surface area contributed by atoms with Crippen LogP contribution in [-0.4, -0.2) is 27.5 Å². The molecule has 1 saturated heterocycles. The van der Waals surface area contributed by atoms with E-state index in [1.54, 1.807) is 6.08 Å². The van der Waals surface area contributed by atoms with Gasteiger partial charge in [-0.25, -0.2) is 0 Å². The van der Waals surface area contributed by atoms with E-state index < -0.39 is 0 Å². The van der Waals surface area contributed by atoms with Gasteiger partial charge < -0.3 is 9.42 Å². The molecule has 0 spiro atoms. The number of aryl methyl sites for hydroxylation is 1. The molecule has 5 nitrogen and oxygen atoms in total. The van der Waals surface area contributed by atoms with Crippen LogP contribution in [0.5, 0.6) is 0 Å². The first-order chi connectivity index (χ1) is 13.7. The number of carbonyl (C=O) groups excluding carboxylic acids is 1. The highest BCUT2D eigenvalue weighted by Gasteiger charge is 2.31. The number of hydrogen-bond acceptors (Lipinski definition) is 4. The summed E-state index contributed by atoms with van der Waals surface area (Å²) in [5, 5.41) is 4.14. The third kappa shape index (κ3) is 4.03. The van der Waals surface area contributed by atoms with Crippen molar-refractivity contribution >= 4 is 12.0 Å². The number of likely N-dealkylation sites (tertiary alicyclic amines) is 1. The van der Waals surface area contributed by atoms with Crippen molar-refractivity contribution in [1.29, 1.82) is 0 Å². The third-order valence-corrected chi connectivity index (χ3v) is 5.04. The first-order valence-electron chi connectivity index (χ1n) is 9.65. The molecule has 0 saturated carbocycles. The lowest BCUT2D eigenvalue weighted by atomic mass is 10.0. The maximum absolute atomic E-state index is 12.8. The van der Waals surface area contributed by atoms with Gasteiger partial charge in [-0.3, -0.25) is 4.79 Å². The Bertz CT molecular complexity index is 961. The molecule has 0 aliphatic carbocycles. The third-order valence-electron chi connectivity index (χ3n) is 5.04. The van der Waals surface area contributed by atoms with Crippen LogP contribution in [0.4, 0.5) is 0 Å². The average Bonchev–Trinajstić information content (AvgIpc) is 3.23. The highest BCUT2D eigenvalue weighted by Crippen LogP contribution is 2.31. The van der Waals surface area contributed by atoms with Crippen LogP contribution in [0.2, 0.25) is 0 Å². The number of rotatable bonds is 4. The van der Waals surface area contributed by atoms with Crippen LogP contribution >= 0.6 is 0 Å². The highest BCUT2D eigenvalue weighted by atomic mass is 16.5. The van der Waals surface area contributed by atoms with E-state index in [1.807, 2.05) is 72.5 Å². The monoisotopic (exact) mass is 373 g/mol. The summed E-state index contributed by atoms with van der Waals surface area (Å²) in [6.07, 6.45) is 6.34. The van der Waals surface area contributed by atoms with E-state index in [1.165, 1.54) is 5.56 Å². The molecule has 0 bridgehead atoms. The van der Waals surface area contributed by atoms with Crippen LogP contribution in [-0.2, 0) is 4.79 Å². The van der Waals surface area contributed by atoms with Crippen LogP contribution in [0.3, 0.4) is 0 Å². The summed E-state index contributed by atoms with van der Waals surface area (Å²) in [6, 6.07) is 17.7. The van der Waals surface area contributed by atoms with Gasteiger partial charge in [0.05, 0.1) is 0 Å². The van der Waals surface area contributed by atoms with Gasteiger partial charge in [-0.15, -0.1) is 0 Å². The molecule has 0 N–H and O–H groups in total. The molecule has 5 heteroatoms. The number of amides is 1. The molecule has 0 unspecified atom stereocenters. The maximum Gasteiger partial charge on any atom is 0.249 e. The maximum atomic E-state index is 12.8. The zero-order chi connectivity index (χ0) is 19.3. The normalized spacial score (nSPS) is 17.2. The van der Waals surface area contributed by atoms with Crippen molar-refractivity contribution < 1.29 is 9.32 Å². The zero-order valence-corrected chi connectivity index (χ0v) is 15.9. The lowest BCUT2D eigenvalue weighted by Crippen LogP contribution is -2.37. The summed E-state index contributed by atoms with van der Waals surface area (Å²) in [5.41, 5.74) is 3.10. The Hall–Kier alpha value is -3.21. The Kier molecular flexibility index (Phi) is 5.33. The molecular formula is C23H23N3O2. The predicted molar refractivity (Wildman–Crippen MR) is 108 cm³/mol. The summed E-state index contributed by atoms with van der Waals surface area (Å²) < 4.78 is 5.55. The van der Waals surface area contributed by atoms with Crippen molar-refractivity contribution in [1.82, 2.24) is 15.0 Å². The van der Waals surface area contributed by atoms with Gasteiger partial charge in [0.1, 0.15) is 6.04 Å². The van der Waals surface area contributed by atoms with Gasteiger partial charge in [-0.1, -0.05) is 65.3 Å². The van der Waals surface area contributed by atoms with Gasteiger partial charge in [0, 0.05) is 18.2 Å². The topological polar surface area (TPSA) is 59.2 Å². The molecule has 1 aliphatic rings. The van der Waals surface area contributed by atoms with Gasteiger partial charge in [0.25, 0.3) is 0 Å². The standard InChI is InChI=1S/C23H23N3O2/c1-17-10-13-19(14-11-17)22-24-23(28-25-22)20-9-5-6-16-26(20)21(27)15-12-18-7-3-2-4-8-18/h2-4,7-8,10-15,20H,5-6,9,16H2,1H3/b15-12+/t20-/m1/s1. The van der Waals surface area contributed by atoms with Crippen LogP contribution in [0.15, 0.2) is 65.2 Å². The number of hydrogen-bond donors (Lipinski definition) is 0. The summed E-state index contributed by atoms with van der Waals surface area (Å²) in [5.74, 6) is 1.05. The van der Waals surface area contributed by atoms with Gasteiger partial charge in [-0.05, 0) is 37.8 Å². The van der Waals surface area contributed by atoms with E-state index >= 15 is 0 Å². The summed E-state index contributed by atoms with van der Waals surface area (Å²) in [4.78, 5) is 19.3. The summed E-state index contributed by atoms with van der Waals surface area (Å²) in [7, 11) is 0. The molecule has 4 rings (SSSR count). The quantitative estimate of drug-likeness (QED) is 0.616. The minimum atomic E-state index is -0.173. The Morgan fingerprint density at radius 3 is 2.68 bits per heavy atom. The Labute approximate surface area is 164 Å². The molecule has 1 aromatic heterocycles. The fraction of sp³-hybridized carbons (Fsp3) is 0.261. The van der Waals surface area contributed by atoms with Crippen molar-refractivity contribution in [2.75, 3.05) is 6.54 Å². The first-order valence-corrected chi connectivity index (χ1v) is 9.65. The van der Waals surface area contributed by atoms with Crippen molar-refractivity contribution in [3.8, 4) is 11.4 Å². The second-order valence-corrected chi connectivity index (χ2v) is 7.11. The minimum Gasteiger partial charge on any atom is -0.337 e. The largest absolute Gasteiger partial charge is 0.337 e. The second kappa shape index (κ2) is 8.21. The molecule has 1 atom stereocenters.